The molecule has 1 aromatic heterocycles. The van der Waals surface area contributed by atoms with Gasteiger partial charge in [0.05, 0.1) is 11.9 Å². The molecule has 0 aliphatic rings. The summed E-state index contributed by atoms with van der Waals surface area (Å²) in [6.07, 6.45) is 2.82. The van der Waals surface area contributed by atoms with Gasteiger partial charge in [0, 0.05) is 27.2 Å². The van der Waals surface area contributed by atoms with Crippen molar-refractivity contribution in [3.8, 4) is 0 Å². The van der Waals surface area contributed by atoms with Gasteiger partial charge in [-0.25, -0.2) is 4.98 Å². The molecule has 102 valence electrons. The number of aromatic nitrogens is 1. The number of amides is 2. The molecule has 19 heavy (non-hydrogen) atoms. The number of hydrogen-bond acceptors (Lipinski definition) is 4. The minimum atomic E-state index is -0.266. The van der Waals surface area contributed by atoms with Crippen molar-refractivity contribution in [1.82, 2.24) is 15.6 Å². The van der Waals surface area contributed by atoms with Crippen LogP contribution in [-0.4, -0.2) is 44.0 Å². The number of carbonyl (C=O) groups excluding carboxylic acids is 2. The van der Waals surface area contributed by atoms with Gasteiger partial charge in [-0.3, -0.25) is 9.59 Å². The lowest BCUT2D eigenvalue weighted by atomic mass is 10.3. The zero-order valence-corrected chi connectivity index (χ0v) is 11.1. The molecule has 0 aliphatic carbocycles. The van der Waals surface area contributed by atoms with Crippen LogP contribution in [-0.2, 0) is 4.79 Å². The quantitative estimate of drug-likeness (QED) is 0.566. The van der Waals surface area contributed by atoms with Gasteiger partial charge in [0.15, 0.2) is 0 Å². The third-order valence-electron chi connectivity index (χ3n) is 2.39. The van der Waals surface area contributed by atoms with Crippen molar-refractivity contribution in [2.75, 3.05) is 32.1 Å². The maximum absolute atomic E-state index is 11.7. The first-order chi connectivity index (χ1) is 9.04. The van der Waals surface area contributed by atoms with Crippen molar-refractivity contribution in [2.45, 2.75) is 0 Å². The van der Waals surface area contributed by atoms with Gasteiger partial charge in [-0.2, -0.15) is 0 Å². The molecule has 2 N–H and O–H groups in total. The molecular weight excluding hydrogens is 244 g/mol. The van der Waals surface area contributed by atoms with Crippen molar-refractivity contribution in [3.05, 3.63) is 36.7 Å². The van der Waals surface area contributed by atoms with E-state index in [0.29, 0.717) is 18.8 Å². The summed E-state index contributed by atoms with van der Waals surface area (Å²) in [5.41, 5.74) is 1.27. The van der Waals surface area contributed by atoms with Crippen LogP contribution in [0.1, 0.15) is 10.5 Å². The van der Waals surface area contributed by atoms with Crippen LogP contribution in [0.2, 0.25) is 0 Å². The minimum Gasteiger partial charge on any atom is -0.376 e. The van der Waals surface area contributed by atoms with E-state index >= 15 is 0 Å². The lowest BCUT2D eigenvalue weighted by molar-refractivity contribution is -0.116. The van der Waals surface area contributed by atoms with Gasteiger partial charge in [-0.05, 0) is 18.2 Å². The Morgan fingerprint density at radius 3 is 2.53 bits per heavy atom. The summed E-state index contributed by atoms with van der Waals surface area (Å²) in [7, 11) is 3.80. The Bertz CT molecular complexity index is 454. The maximum atomic E-state index is 11.7. The second-order valence-corrected chi connectivity index (χ2v) is 4.05. The molecule has 1 aromatic rings. The Kier molecular flexibility index (Phi) is 5.53. The smallest absolute Gasteiger partial charge is 0.269 e. The summed E-state index contributed by atoms with van der Waals surface area (Å²) in [5, 5.41) is 5.23. The Hall–Kier alpha value is -2.37. The predicted octanol–water partition coefficient (Wildman–Crippen LogP) is 0.180. The molecular formula is C13H18N4O2. The van der Waals surface area contributed by atoms with Crippen LogP contribution in [0.15, 0.2) is 31.0 Å². The maximum Gasteiger partial charge on any atom is 0.269 e. The summed E-state index contributed by atoms with van der Waals surface area (Å²) in [6, 6.07) is 3.48. The summed E-state index contributed by atoms with van der Waals surface area (Å²) in [4.78, 5) is 28.6. The summed E-state index contributed by atoms with van der Waals surface area (Å²) in [6.45, 7) is 4.03. The van der Waals surface area contributed by atoms with Gasteiger partial charge in [0.25, 0.3) is 5.91 Å². The molecule has 0 aromatic carbocycles. The topological polar surface area (TPSA) is 74.3 Å². The third kappa shape index (κ3) is 4.79. The minimum absolute atomic E-state index is 0.261. The van der Waals surface area contributed by atoms with E-state index in [1.54, 1.807) is 12.3 Å². The molecule has 0 bridgehead atoms. The standard InChI is InChI=1S/C13H18N4O2/c1-4-12(18)14-7-8-15-13(19)11-6-5-10(9-16-11)17(2)3/h4-6,9H,1,7-8H2,2-3H3,(H,14,18)(H,15,19). The Labute approximate surface area is 112 Å². The molecule has 6 nitrogen and oxygen atoms in total. The fraction of sp³-hybridized carbons (Fsp3) is 0.308. The summed E-state index contributed by atoms with van der Waals surface area (Å²) < 4.78 is 0. The monoisotopic (exact) mass is 262 g/mol. The van der Waals surface area contributed by atoms with Crippen LogP contribution in [0.5, 0.6) is 0 Å². The van der Waals surface area contributed by atoms with E-state index in [2.05, 4.69) is 22.2 Å². The van der Waals surface area contributed by atoms with Crippen LogP contribution < -0.4 is 15.5 Å². The van der Waals surface area contributed by atoms with E-state index in [0.717, 1.165) is 5.69 Å². The van der Waals surface area contributed by atoms with Crippen molar-refractivity contribution in [3.63, 3.8) is 0 Å². The lowest BCUT2D eigenvalue weighted by Gasteiger charge is -2.11. The highest BCUT2D eigenvalue weighted by atomic mass is 16.2. The van der Waals surface area contributed by atoms with E-state index in [-0.39, 0.29) is 11.8 Å². The van der Waals surface area contributed by atoms with Gasteiger partial charge < -0.3 is 15.5 Å². The average Bonchev–Trinajstić information content (AvgIpc) is 2.43. The molecule has 1 rings (SSSR count). The normalized spacial score (nSPS) is 9.58. The lowest BCUT2D eigenvalue weighted by Crippen LogP contribution is -2.34. The van der Waals surface area contributed by atoms with Gasteiger partial charge in [-0.1, -0.05) is 6.58 Å². The fourth-order valence-corrected chi connectivity index (χ4v) is 1.31. The fourth-order valence-electron chi connectivity index (χ4n) is 1.31. The Morgan fingerprint density at radius 1 is 1.32 bits per heavy atom. The van der Waals surface area contributed by atoms with E-state index in [4.69, 9.17) is 0 Å². The zero-order valence-electron chi connectivity index (χ0n) is 11.1. The first kappa shape index (κ1) is 14.7. The number of carbonyl (C=O) groups is 2. The van der Waals surface area contributed by atoms with E-state index in [1.807, 2.05) is 25.1 Å². The van der Waals surface area contributed by atoms with Crippen LogP contribution in [0, 0.1) is 0 Å². The van der Waals surface area contributed by atoms with Crippen LogP contribution in [0.4, 0.5) is 5.69 Å². The second-order valence-electron chi connectivity index (χ2n) is 4.05. The highest BCUT2D eigenvalue weighted by molar-refractivity contribution is 5.92. The van der Waals surface area contributed by atoms with E-state index in [1.165, 1.54) is 6.08 Å². The number of pyridine rings is 1. The molecule has 0 spiro atoms. The zero-order chi connectivity index (χ0) is 14.3. The first-order valence-electron chi connectivity index (χ1n) is 5.86. The molecule has 6 heteroatoms. The van der Waals surface area contributed by atoms with Crippen molar-refractivity contribution in [2.24, 2.45) is 0 Å². The number of anilines is 1. The van der Waals surface area contributed by atoms with Crippen molar-refractivity contribution in [1.29, 1.82) is 0 Å². The highest BCUT2D eigenvalue weighted by Crippen LogP contribution is 2.08. The number of rotatable bonds is 6. The summed E-state index contributed by atoms with van der Waals surface area (Å²) >= 11 is 0. The number of hydrogen-bond donors (Lipinski definition) is 2. The molecule has 2 amide bonds. The SMILES string of the molecule is C=CC(=O)NCCNC(=O)c1ccc(N(C)C)cn1. The second kappa shape index (κ2) is 7.15. The largest absolute Gasteiger partial charge is 0.376 e. The highest BCUT2D eigenvalue weighted by Gasteiger charge is 2.06. The third-order valence-corrected chi connectivity index (χ3v) is 2.39. The number of nitrogens with one attached hydrogen (secondary N) is 2. The molecule has 0 unspecified atom stereocenters. The van der Waals surface area contributed by atoms with Crippen LogP contribution >= 0.6 is 0 Å². The molecule has 0 radical (unpaired) electrons. The first-order valence-corrected chi connectivity index (χ1v) is 5.86. The van der Waals surface area contributed by atoms with Gasteiger partial charge in [0.1, 0.15) is 5.69 Å². The molecule has 0 aliphatic heterocycles. The summed E-state index contributed by atoms with van der Waals surface area (Å²) in [5.74, 6) is -0.527. The molecule has 0 saturated carbocycles. The van der Waals surface area contributed by atoms with Crippen molar-refractivity contribution >= 4 is 17.5 Å². The molecule has 0 atom stereocenters. The Morgan fingerprint density at radius 2 is 2.00 bits per heavy atom. The molecule has 0 saturated heterocycles. The predicted molar refractivity (Wildman–Crippen MR) is 74.1 cm³/mol. The Balaban J connectivity index is 2.41. The van der Waals surface area contributed by atoms with E-state index < -0.39 is 0 Å². The van der Waals surface area contributed by atoms with Gasteiger partial charge in [0.2, 0.25) is 5.91 Å². The van der Waals surface area contributed by atoms with E-state index in [9.17, 15) is 9.59 Å². The van der Waals surface area contributed by atoms with Crippen molar-refractivity contribution < 1.29 is 9.59 Å². The average molecular weight is 262 g/mol. The molecule has 1 heterocycles. The van der Waals surface area contributed by atoms with Crippen LogP contribution in [0.3, 0.4) is 0 Å². The van der Waals surface area contributed by atoms with Gasteiger partial charge >= 0.3 is 0 Å². The van der Waals surface area contributed by atoms with Crippen LogP contribution in [0.25, 0.3) is 0 Å². The molecule has 0 fully saturated rings. The van der Waals surface area contributed by atoms with Gasteiger partial charge in [-0.15, -0.1) is 0 Å². The number of nitrogens with zero attached hydrogens (tertiary/aromatic N) is 2.